The molecule has 0 atom stereocenters. The monoisotopic (exact) mass is 394 g/mol. The quantitative estimate of drug-likeness (QED) is 0.306. The van der Waals surface area contributed by atoms with Crippen molar-refractivity contribution >= 4 is 0 Å². The van der Waals surface area contributed by atoms with E-state index in [1.165, 1.54) is 76.3 Å². The standard InChI is InChI=1S/C25H37F3/c1-2-3-4-5-18-6-8-19(9-7-18)10-11-20-12-14-21(15-13-20)22-16-23(26)25(28)24(27)17-22/h16-21H,2-15H2,1H3/t18-,19-,20?,21?. The summed E-state index contributed by atoms with van der Waals surface area (Å²) in [6, 6.07) is 2.39. The van der Waals surface area contributed by atoms with Gasteiger partial charge >= 0.3 is 0 Å². The first-order valence-electron chi connectivity index (χ1n) is 11.7. The summed E-state index contributed by atoms with van der Waals surface area (Å²) in [5.41, 5.74) is 0.635. The van der Waals surface area contributed by atoms with Crippen molar-refractivity contribution < 1.29 is 13.2 Å². The molecule has 2 aliphatic carbocycles. The van der Waals surface area contributed by atoms with Gasteiger partial charge in [-0.3, -0.25) is 0 Å². The zero-order chi connectivity index (χ0) is 19.9. The van der Waals surface area contributed by atoms with Crippen molar-refractivity contribution in [2.75, 3.05) is 0 Å². The van der Waals surface area contributed by atoms with E-state index >= 15 is 0 Å². The molecule has 0 heterocycles. The average Bonchev–Trinajstić information content (AvgIpc) is 2.71. The molecule has 0 aromatic heterocycles. The Labute approximate surface area is 169 Å². The molecular formula is C25H37F3. The van der Waals surface area contributed by atoms with E-state index in [0.29, 0.717) is 5.56 Å². The molecule has 0 radical (unpaired) electrons. The molecule has 0 amide bonds. The van der Waals surface area contributed by atoms with Crippen LogP contribution in [0.25, 0.3) is 0 Å². The Balaban J connectivity index is 1.35. The molecule has 0 nitrogen and oxygen atoms in total. The van der Waals surface area contributed by atoms with Crippen LogP contribution in [0.15, 0.2) is 12.1 Å². The largest absolute Gasteiger partial charge is 0.204 e. The highest BCUT2D eigenvalue weighted by atomic mass is 19.2. The van der Waals surface area contributed by atoms with Crippen molar-refractivity contribution in [1.29, 1.82) is 0 Å². The lowest BCUT2D eigenvalue weighted by molar-refractivity contribution is 0.222. The van der Waals surface area contributed by atoms with Crippen LogP contribution in [0.2, 0.25) is 0 Å². The molecule has 0 saturated heterocycles. The summed E-state index contributed by atoms with van der Waals surface area (Å²) in [6.07, 6.45) is 18.1. The molecular weight excluding hydrogens is 357 g/mol. The number of hydrogen-bond donors (Lipinski definition) is 0. The summed E-state index contributed by atoms with van der Waals surface area (Å²) in [6.45, 7) is 2.28. The average molecular weight is 395 g/mol. The molecule has 0 N–H and O–H groups in total. The number of hydrogen-bond acceptors (Lipinski definition) is 0. The fourth-order valence-corrected chi connectivity index (χ4v) is 5.56. The van der Waals surface area contributed by atoms with Crippen molar-refractivity contribution in [2.45, 2.75) is 103 Å². The Morgan fingerprint density at radius 3 is 1.64 bits per heavy atom. The Morgan fingerprint density at radius 2 is 1.14 bits per heavy atom. The summed E-state index contributed by atoms with van der Waals surface area (Å²) in [5.74, 6) is -0.620. The molecule has 1 aromatic rings. The van der Waals surface area contributed by atoms with E-state index in [1.807, 2.05) is 0 Å². The molecule has 0 unspecified atom stereocenters. The van der Waals surface area contributed by atoms with Gasteiger partial charge in [0, 0.05) is 0 Å². The van der Waals surface area contributed by atoms with Gasteiger partial charge in [-0.1, -0.05) is 71.1 Å². The molecule has 28 heavy (non-hydrogen) atoms. The van der Waals surface area contributed by atoms with E-state index in [-0.39, 0.29) is 5.92 Å². The van der Waals surface area contributed by atoms with E-state index in [1.54, 1.807) is 0 Å². The van der Waals surface area contributed by atoms with Gasteiger partial charge in [0.25, 0.3) is 0 Å². The maximum atomic E-state index is 13.5. The zero-order valence-electron chi connectivity index (χ0n) is 17.5. The van der Waals surface area contributed by atoms with Crippen LogP contribution < -0.4 is 0 Å². The van der Waals surface area contributed by atoms with E-state index in [4.69, 9.17) is 0 Å². The van der Waals surface area contributed by atoms with Crippen LogP contribution in [-0.4, -0.2) is 0 Å². The van der Waals surface area contributed by atoms with Crippen molar-refractivity contribution in [3.05, 3.63) is 35.1 Å². The van der Waals surface area contributed by atoms with Crippen LogP contribution >= 0.6 is 0 Å². The van der Waals surface area contributed by atoms with Gasteiger partial charge in [-0.2, -0.15) is 0 Å². The van der Waals surface area contributed by atoms with E-state index < -0.39 is 17.5 Å². The van der Waals surface area contributed by atoms with Gasteiger partial charge in [0.15, 0.2) is 17.5 Å². The second kappa shape index (κ2) is 10.7. The molecule has 0 spiro atoms. The number of benzene rings is 1. The lowest BCUT2D eigenvalue weighted by atomic mass is 9.74. The molecule has 3 rings (SSSR count). The second-order valence-corrected chi connectivity index (χ2v) is 9.48. The molecule has 0 aliphatic heterocycles. The normalized spacial score (nSPS) is 28.4. The predicted molar refractivity (Wildman–Crippen MR) is 110 cm³/mol. The van der Waals surface area contributed by atoms with Crippen LogP contribution in [0.4, 0.5) is 13.2 Å². The third kappa shape index (κ3) is 6.00. The molecule has 3 heteroatoms. The first-order chi connectivity index (χ1) is 13.6. The molecule has 1 aromatic carbocycles. The summed E-state index contributed by atoms with van der Waals surface area (Å²) >= 11 is 0. The highest BCUT2D eigenvalue weighted by Gasteiger charge is 2.26. The highest BCUT2D eigenvalue weighted by Crippen LogP contribution is 2.40. The first-order valence-corrected chi connectivity index (χ1v) is 11.7. The minimum atomic E-state index is -1.35. The third-order valence-electron chi connectivity index (χ3n) is 7.49. The van der Waals surface area contributed by atoms with Crippen LogP contribution in [0.3, 0.4) is 0 Å². The van der Waals surface area contributed by atoms with Gasteiger partial charge in [0.05, 0.1) is 0 Å². The Hall–Kier alpha value is -0.990. The number of halogens is 3. The van der Waals surface area contributed by atoms with E-state index in [2.05, 4.69) is 6.92 Å². The van der Waals surface area contributed by atoms with Gasteiger partial charge < -0.3 is 0 Å². The van der Waals surface area contributed by atoms with Crippen molar-refractivity contribution in [3.8, 4) is 0 Å². The lowest BCUT2D eigenvalue weighted by Gasteiger charge is -2.32. The summed E-state index contributed by atoms with van der Waals surface area (Å²) in [5, 5.41) is 0. The zero-order valence-corrected chi connectivity index (χ0v) is 17.5. The van der Waals surface area contributed by atoms with Gasteiger partial charge in [0.2, 0.25) is 0 Å². The molecule has 2 fully saturated rings. The van der Waals surface area contributed by atoms with E-state index in [0.717, 1.165) is 43.4 Å². The summed E-state index contributed by atoms with van der Waals surface area (Å²) in [7, 11) is 0. The fourth-order valence-electron chi connectivity index (χ4n) is 5.56. The Kier molecular flexibility index (Phi) is 8.29. The van der Waals surface area contributed by atoms with Crippen LogP contribution in [-0.2, 0) is 0 Å². The van der Waals surface area contributed by atoms with Gasteiger partial charge in [0.1, 0.15) is 0 Å². The van der Waals surface area contributed by atoms with Crippen LogP contribution in [0, 0.1) is 35.2 Å². The maximum Gasteiger partial charge on any atom is 0.194 e. The van der Waals surface area contributed by atoms with Crippen molar-refractivity contribution in [3.63, 3.8) is 0 Å². The van der Waals surface area contributed by atoms with Crippen molar-refractivity contribution in [2.24, 2.45) is 17.8 Å². The SMILES string of the molecule is CCCCC[C@H]1CC[C@H](CCC2CCC(c3cc(F)c(F)c(F)c3)CC2)CC1. The fraction of sp³-hybridized carbons (Fsp3) is 0.760. The molecule has 2 aliphatic rings. The molecule has 158 valence electrons. The van der Waals surface area contributed by atoms with Crippen molar-refractivity contribution in [1.82, 2.24) is 0 Å². The minimum Gasteiger partial charge on any atom is -0.204 e. The smallest absolute Gasteiger partial charge is 0.194 e. The van der Waals surface area contributed by atoms with E-state index in [9.17, 15) is 13.2 Å². The third-order valence-corrected chi connectivity index (χ3v) is 7.49. The highest BCUT2D eigenvalue weighted by molar-refractivity contribution is 5.23. The topological polar surface area (TPSA) is 0 Å². The molecule has 0 bridgehead atoms. The predicted octanol–water partition coefficient (Wildman–Crippen LogP) is 8.54. The number of rotatable bonds is 8. The lowest BCUT2D eigenvalue weighted by Crippen LogP contribution is -2.18. The Bertz CT molecular complexity index is 573. The second-order valence-electron chi connectivity index (χ2n) is 9.48. The van der Waals surface area contributed by atoms with Gasteiger partial charge in [-0.25, -0.2) is 13.2 Å². The minimum absolute atomic E-state index is 0.180. The Morgan fingerprint density at radius 1 is 0.679 bits per heavy atom. The maximum absolute atomic E-state index is 13.5. The van der Waals surface area contributed by atoms with Gasteiger partial charge in [-0.05, 0) is 67.1 Å². The van der Waals surface area contributed by atoms with Crippen LogP contribution in [0.5, 0.6) is 0 Å². The summed E-state index contributed by atoms with van der Waals surface area (Å²) in [4.78, 5) is 0. The van der Waals surface area contributed by atoms with Gasteiger partial charge in [-0.15, -0.1) is 0 Å². The first kappa shape index (κ1) is 21.7. The van der Waals surface area contributed by atoms with Crippen LogP contribution in [0.1, 0.15) is 108 Å². The number of unbranched alkanes of at least 4 members (excludes halogenated alkanes) is 2. The molecule has 2 saturated carbocycles. The summed E-state index contributed by atoms with van der Waals surface area (Å²) < 4.78 is 40.2.